The van der Waals surface area contributed by atoms with Gasteiger partial charge in [0.25, 0.3) is 11.8 Å². The predicted octanol–water partition coefficient (Wildman–Crippen LogP) is 5.27. The first-order valence-corrected chi connectivity index (χ1v) is 46.8. The number of hydrogen-bond donors (Lipinski definition) is 12. The van der Waals surface area contributed by atoms with Crippen LogP contribution < -0.4 is 32.1 Å². The number of aromatic hydroxyl groups is 2. The Balaban J connectivity index is 0.000000344. The van der Waals surface area contributed by atoms with Gasteiger partial charge >= 0.3 is 19.5 Å². The van der Waals surface area contributed by atoms with Gasteiger partial charge in [0.1, 0.15) is 84.0 Å². The summed E-state index contributed by atoms with van der Waals surface area (Å²) in [5.74, 6) is -11.1. The van der Waals surface area contributed by atoms with Gasteiger partial charge in [0, 0.05) is 95.7 Å². The third kappa shape index (κ3) is 36.3. The number of rotatable bonds is 23. The van der Waals surface area contributed by atoms with Crippen LogP contribution in [-0.2, 0) is 108 Å². The molecule has 6 aliphatic heterocycles. The normalized spacial score (nSPS) is 27.9. The number of carbonyl (C=O) groups excluding carboxylic acids is 13. The van der Waals surface area contributed by atoms with Gasteiger partial charge in [-0.3, -0.25) is 67.3 Å². The van der Waals surface area contributed by atoms with E-state index in [1.54, 1.807) is 152 Å². The summed E-state index contributed by atoms with van der Waals surface area (Å²) in [5.41, 5.74) is 8.13. The smallest absolute Gasteiger partial charge is 0.340 e. The molecule has 2 aromatic carbocycles. The van der Waals surface area contributed by atoms with Crippen LogP contribution in [0.5, 0.6) is 11.5 Å². The van der Waals surface area contributed by atoms with Crippen molar-refractivity contribution in [1.29, 1.82) is 0 Å². The number of phenols is 2. The molecule has 8 amide bonds. The maximum absolute atomic E-state index is 14.3. The lowest BCUT2D eigenvalue weighted by molar-refractivity contribution is -0.157. The van der Waals surface area contributed by atoms with Gasteiger partial charge in [-0.1, -0.05) is 127 Å². The third-order valence-corrected chi connectivity index (χ3v) is 25.1. The van der Waals surface area contributed by atoms with E-state index in [9.17, 15) is 97.5 Å². The molecule has 37 heteroatoms. The molecule has 36 nitrogen and oxygen atoms in total. The molecule has 0 saturated carbocycles. The molecule has 0 spiro atoms. The number of morpholine rings is 2. The number of nitrogens with zero attached hydrogens (tertiary/aromatic N) is 4. The van der Waals surface area contributed by atoms with Crippen molar-refractivity contribution in [3.8, 4) is 11.5 Å². The topological polar surface area (TPSA) is 501 Å². The lowest BCUT2D eigenvalue weighted by atomic mass is 9.84. The highest BCUT2D eigenvalue weighted by Gasteiger charge is 2.43. The fourth-order valence-corrected chi connectivity index (χ4v) is 16.8. The van der Waals surface area contributed by atoms with Crippen LogP contribution >= 0.6 is 7.60 Å². The van der Waals surface area contributed by atoms with Crippen LogP contribution in [0.1, 0.15) is 158 Å². The molecule has 2 unspecified atom stereocenters. The number of hydrazine groups is 2. The molecule has 724 valence electrons. The molecule has 4 bridgehead atoms. The average molecular weight is 1850 g/mol. The zero-order valence-electron chi connectivity index (χ0n) is 77.3. The number of allylic oxidation sites excluding steroid dienone is 7. The number of cyclic esters (lactones) is 2. The van der Waals surface area contributed by atoms with Crippen LogP contribution in [0.25, 0.3) is 0 Å². The lowest BCUT2D eigenvalue weighted by Gasteiger charge is -2.36. The number of nitrogens with one attached hydrogen (secondary N) is 6. The SMILES string of the molecule is CC(=O)CC[C@H]1C(=O)N[C@@H](C(C)C)C(=O)N[C@@H](Cc2cccc(O)c2)C(=O)N2CCCC(N2)C(=O)O[C@H](/C(C)=C/C=C/C(=O)N2CCOCC2)C/C=C/C=C/[C@H](O)[C@H](C)[C@H]1O.CC(=O)CC[C@H]1C(=O)N[C@@H](C(C)C)C(=O)N[C@@H](Cc2cccc(O)c2)C(=O)N2CCCC(N2)C(=O)O[C@H](/C(C)=C/C=O)C/C=C/C=C/[C@H](O)[C@H](C)[C@H]1O.CCOP(=O)(CC(=O)N1CCOCC1)OCC. The monoisotopic (exact) mass is 1850 g/mol. The summed E-state index contributed by atoms with van der Waals surface area (Å²) in [6, 6.07) is 5.82. The van der Waals surface area contributed by atoms with Crippen LogP contribution in [-0.4, -0.2) is 285 Å². The largest absolute Gasteiger partial charge is 0.508 e. The Hall–Kier alpha value is -10.2. The van der Waals surface area contributed by atoms with Crippen LogP contribution in [0.3, 0.4) is 0 Å². The highest BCUT2D eigenvalue weighted by Crippen LogP contribution is 2.48. The Morgan fingerprint density at radius 1 is 0.550 bits per heavy atom. The fourth-order valence-electron chi connectivity index (χ4n) is 15.2. The fraction of sp³-hybridized carbons (Fsp3) is 0.585. The molecule has 6 heterocycles. The van der Waals surface area contributed by atoms with E-state index in [2.05, 4.69) is 32.1 Å². The summed E-state index contributed by atoms with van der Waals surface area (Å²) in [6.07, 6.45) is 14.0. The second-order valence-corrected chi connectivity index (χ2v) is 36.2. The van der Waals surface area contributed by atoms with Crippen LogP contribution in [0, 0.1) is 35.5 Å². The number of ketones is 2. The van der Waals surface area contributed by atoms with Gasteiger partial charge in [-0.25, -0.2) is 10.9 Å². The number of hydrogen-bond acceptors (Lipinski definition) is 28. The quantitative estimate of drug-likeness (QED) is 0.0221. The van der Waals surface area contributed by atoms with Crippen molar-refractivity contribution >= 4 is 84.6 Å². The van der Waals surface area contributed by atoms with Crippen molar-refractivity contribution in [3.63, 3.8) is 0 Å². The van der Waals surface area contributed by atoms with E-state index in [4.69, 9.17) is 28.0 Å². The summed E-state index contributed by atoms with van der Waals surface area (Å²) >= 11 is 0. The minimum absolute atomic E-state index is 0.0247. The molecule has 12 N–H and O–H groups in total. The summed E-state index contributed by atoms with van der Waals surface area (Å²) < 4.78 is 44.7. The van der Waals surface area contributed by atoms with E-state index in [1.165, 1.54) is 72.4 Å². The average Bonchev–Trinajstić information content (AvgIpc) is 0.817. The molecule has 16 atom stereocenters. The van der Waals surface area contributed by atoms with E-state index < -0.39 is 163 Å². The second-order valence-electron chi connectivity index (χ2n) is 34.1. The first kappa shape index (κ1) is 110. The van der Waals surface area contributed by atoms with Gasteiger partial charge < -0.3 is 99.3 Å². The van der Waals surface area contributed by atoms with Crippen molar-refractivity contribution in [2.75, 3.05) is 85.1 Å². The molecule has 131 heavy (non-hydrogen) atoms. The molecule has 2 aromatic rings. The van der Waals surface area contributed by atoms with Crippen molar-refractivity contribution in [2.24, 2.45) is 35.5 Å². The van der Waals surface area contributed by atoms with Gasteiger partial charge in [-0.2, -0.15) is 0 Å². The summed E-state index contributed by atoms with van der Waals surface area (Å²) in [5, 5.41) is 78.8. The number of ether oxygens (including phenoxy) is 4. The molecule has 4 fully saturated rings. The van der Waals surface area contributed by atoms with E-state index in [0.29, 0.717) is 107 Å². The Morgan fingerprint density at radius 3 is 1.34 bits per heavy atom. The van der Waals surface area contributed by atoms with Crippen molar-refractivity contribution in [1.82, 2.24) is 51.9 Å². The standard InChI is InChI=1S/C45H63N5O11.C39H54N4O10.C10H20NO5P/c1-28(2)40-43(57)46-36(27-32-13-10-14-33(52)26-32)44(58)50-21-11-15-35(48-50)45(59)61-38(29(3)12-9-18-39(54)49-22-24-60-25-23-49)17-8-6-7-16-37(53)31(5)41(55)34(42(56)47-40)20-19-30(4)51;1-23(2)34-37(50)40-31(22-27-11-9-12-28(46)21-27)38(51)43-19-10-13-30(42-43)39(52)53-33(24(3)18-20-44)15-8-6-7-14-32(47)26(5)35(48)29(36(49)41-34)17-16-25(4)45;1-3-15-17(13,16-4-2)9-10(12)11-5-7-14-8-6-11/h6-10,12-14,16,18,26,28,31,34-38,40-41,48,52-53,55H,11,15,17,19-25,27H2,1-5H3,(H,46,57)(H,47,56);6-9,11-12,14,18,20-21,23,26,29-35,42,46-48H,10,13,15-17,19,22H2,1-5H3,(H,40,50)(H,41,49);3-9H2,1-2H3/b8-6+,16-7+,18-9+,29-12+;8-6+,14-7+,24-18+;/t31-,34+,35?,36-,37-,38-,40-,41+;26-,29+,30?,31-,32-,33-,34-,35+;/m00./s1. The zero-order chi connectivity index (χ0) is 96.6. The maximum Gasteiger partial charge on any atom is 0.340 e. The lowest BCUT2D eigenvalue weighted by Crippen LogP contribution is -2.62. The number of aliphatic hydroxyl groups excluding tert-OH is 4. The van der Waals surface area contributed by atoms with Gasteiger partial charge in [-0.15, -0.1) is 0 Å². The van der Waals surface area contributed by atoms with E-state index in [1.807, 2.05) is 0 Å². The van der Waals surface area contributed by atoms with Gasteiger partial charge in [-0.05, 0) is 145 Å². The van der Waals surface area contributed by atoms with Crippen molar-refractivity contribution in [2.45, 2.75) is 233 Å². The molecule has 4 saturated heterocycles. The Kier molecular flexibility index (Phi) is 46.8. The van der Waals surface area contributed by atoms with Gasteiger partial charge in [0.05, 0.1) is 75.9 Å². The Bertz CT molecular complexity index is 4410. The number of esters is 2. The van der Waals surface area contributed by atoms with Crippen LogP contribution in [0.15, 0.2) is 133 Å². The van der Waals surface area contributed by atoms with Crippen molar-refractivity contribution in [3.05, 3.63) is 144 Å². The highest BCUT2D eigenvalue weighted by molar-refractivity contribution is 7.54. The maximum atomic E-state index is 14.3. The van der Waals surface area contributed by atoms with Gasteiger partial charge in [0.15, 0.2) is 0 Å². The van der Waals surface area contributed by atoms with E-state index in [-0.39, 0.29) is 119 Å². The number of benzene rings is 2. The first-order valence-electron chi connectivity index (χ1n) is 45.1. The van der Waals surface area contributed by atoms with Crippen molar-refractivity contribution < 1.29 is 126 Å². The van der Waals surface area contributed by atoms with E-state index in [0.717, 1.165) is 0 Å². The molecule has 8 rings (SSSR count). The second kappa shape index (κ2) is 55.9. The predicted molar refractivity (Wildman–Crippen MR) is 485 cm³/mol. The third-order valence-electron chi connectivity index (χ3n) is 23.1. The molecule has 0 radical (unpaired) electrons. The molecule has 6 aliphatic rings. The minimum Gasteiger partial charge on any atom is -0.508 e. The number of aldehydes is 1. The van der Waals surface area contributed by atoms with Crippen LogP contribution in [0.4, 0.5) is 0 Å². The highest BCUT2D eigenvalue weighted by atomic mass is 31.2. The zero-order valence-corrected chi connectivity index (χ0v) is 78.2. The number of aliphatic hydroxyl groups is 4. The van der Waals surface area contributed by atoms with E-state index >= 15 is 0 Å². The van der Waals surface area contributed by atoms with Crippen LogP contribution in [0.2, 0.25) is 0 Å². The number of carbonyl (C=O) groups is 13. The Labute approximate surface area is 767 Å². The number of Topliss-reactive ketones (excluding diaryl/α,β-unsaturated/α-hetero) is 2. The molecule has 0 aromatic heterocycles. The van der Waals surface area contributed by atoms with Gasteiger partial charge in [0.2, 0.25) is 35.4 Å². The summed E-state index contributed by atoms with van der Waals surface area (Å²) in [6.45, 7) is 24.6. The molecular formula is C94H137N10O26P. The first-order chi connectivity index (χ1) is 62.3. The summed E-state index contributed by atoms with van der Waals surface area (Å²) in [7, 11) is -3.27. The number of amides is 8. The molecule has 0 aliphatic carbocycles. The number of phenolic OH excluding ortho intramolecular Hbond substituents is 2. The number of fused-ring (bicyclic) bond motifs is 4. The molecular weight excluding hydrogens is 1720 g/mol. The minimum atomic E-state index is -3.27. The Morgan fingerprint density at radius 2 is 0.954 bits per heavy atom. The summed E-state index contributed by atoms with van der Waals surface area (Å²) in [4.78, 5) is 175.